The fourth-order valence-corrected chi connectivity index (χ4v) is 3.27. The molecule has 0 atom stereocenters. The Morgan fingerprint density at radius 3 is 2.27 bits per heavy atom. The molecular formula is C25H27ClFNO2. The lowest BCUT2D eigenvalue weighted by atomic mass is 10.1. The topological polar surface area (TPSA) is 30.5 Å². The summed E-state index contributed by atoms with van der Waals surface area (Å²) < 4.78 is 24.8. The van der Waals surface area contributed by atoms with Gasteiger partial charge in [0.25, 0.3) is 0 Å². The Labute approximate surface area is 182 Å². The van der Waals surface area contributed by atoms with E-state index in [4.69, 9.17) is 21.1 Å². The van der Waals surface area contributed by atoms with Crippen molar-refractivity contribution in [2.24, 2.45) is 0 Å². The zero-order chi connectivity index (χ0) is 21.3. The lowest BCUT2D eigenvalue weighted by molar-refractivity contribution is 0.269. The van der Waals surface area contributed by atoms with E-state index in [0.717, 1.165) is 29.7 Å². The van der Waals surface area contributed by atoms with Crippen LogP contribution in [-0.4, -0.2) is 13.2 Å². The van der Waals surface area contributed by atoms with Crippen LogP contribution in [0.1, 0.15) is 29.2 Å². The average molecular weight is 428 g/mol. The Kier molecular flexibility index (Phi) is 8.12. The molecule has 1 N–H and O–H groups in total. The van der Waals surface area contributed by atoms with Gasteiger partial charge in [0.2, 0.25) is 0 Å². The highest BCUT2D eigenvalue weighted by molar-refractivity contribution is 6.31. The summed E-state index contributed by atoms with van der Waals surface area (Å²) in [6.07, 6.45) is 0.813. The van der Waals surface area contributed by atoms with E-state index in [1.54, 1.807) is 12.1 Å². The molecule has 0 saturated heterocycles. The van der Waals surface area contributed by atoms with Crippen molar-refractivity contribution in [3.05, 3.63) is 93.8 Å². The Morgan fingerprint density at radius 2 is 1.57 bits per heavy atom. The highest BCUT2D eigenvalue weighted by Gasteiger charge is 2.11. The van der Waals surface area contributed by atoms with Crippen LogP contribution >= 0.6 is 11.6 Å². The molecule has 0 aromatic heterocycles. The molecule has 0 spiro atoms. The van der Waals surface area contributed by atoms with Gasteiger partial charge < -0.3 is 14.8 Å². The van der Waals surface area contributed by atoms with Crippen molar-refractivity contribution in [3.63, 3.8) is 0 Å². The highest BCUT2D eigenvalue weighted by atomic mass is 35.5. The van der Waals surface area contributed by atoms with Crippen LogP contribution in [0.4, 0.5) is 4.39 Å². The fourth-order valence-electron chi connectivity index (χ4n) is 3.05. The molecule has 3 aromatic rings. The lowest BCUT2D eigenvalue weighted by Crippen LogP contribution is -2.17. The van der Waals surface area contributed by atoms with Crippen molar-refractivity contribution in [1.82, 2.24) is 5.32 Å². The maximum absolute atomic E-state index is 13.0. The Hall–Kier alpha value is -2.56. The summed E-state index contributed by atoms with van der Waals surface area (Å²) in [4.78, 5) is 0. The number of hydrogen-bond acceptors (Lipinski definition) is 3. The fraction of sp³-hybridized carbons (Fsp3) is 0.280. The van der Waals surface area contributed by atoms with Gasteiger partial charge in [-0.15, -0.1) is 0 Å². The molecule has 3 aromatic carbocycles. The zero-order valence-electron chi connectivity index (χ0n) is 17.4. The minimum Gasteiger partial charge on any atom is -0.490 e. The zero-order valence-corrected chi connectivity index (χ0v) is 18.1. The first-order valence-corrected chi connectivity index (χ1v) is 10.5. The molecule has 0 heterocycles. The number of nitrogens with one attached hydrogen (secondary N) is 1. The summed E-state index contributed by atoms with van der Waals surface area (Å²) in [5.41, 5.74) is 4.34. The number of hydrogen-bond donors (Lipinski definition) is 1. The van der Waals surface area contributed by atoms with Gasteiger partial charge in [-0.2, -0.15) is 0 Å². The molecule has 0 aliphatic carbocycles. The van der Waals surface area contributed by atoms with E-state index < -0.39 is 0 Å². The van der Waals surface area contributed by atoms with Crippen molar-refractivity contribution in [2.45, 2.75) is 33.4 Å². The van der Waals surface area contributed by atoms with E-state index in [1.165, 1.54) is 17.7 Å². The van der Waals surface area contributed by atoms with Crippen molar-refractivity contribution in [3.8, 4) is 11.5 Å². The molecule has 0 saturated carbocycles. The van der Waals surface area contributed by atoms with E-state index in [0.29, 0.717) is 36.3 Å². The number of ether oxygens (including phenoxy) is 2. The van der Waals surface area contributed by atoms with Gasteiger partial charge in [-0.1, -0.05) is 53.6 Å². The second kappa shape index (κ2) is 11.0. The number of aryl methyl sites for hydroxylation is 1. The Balaban J connectivity index is 1.60. The maximum Gasteiger partial charge on any atom is 0.163 e. The van der Waals surface area contributed by atoms with Crippen molar-refractivity contribution in [1.29, 1.82) is 0 Å². The summed E-state index contributed by atoms with van der Waals surface area (Å²) in [5.74, 6) is 1.11. The number of benzene rings is 3. The predicted octanol–water partition coefficient (Wildman–Crippen LogP) is 6.10. The summed E-state index contributed by atoms with van der Waals surface area (Å²) in [6, 6.07) is 18.6. The largest absolute Gasteiger partial charge is 0.490 e. The second-order valence-corrected chi connectivity index (χ2v) is 7.56. The maximum atomic E-state index is 13.0. The van der Waals surface area contributed by atoms with Crippen LogP contribution in [-0.2, 0) is 19.6 Å². The van der Waals surface area contributed by atoms with Crippen LogP contribution in [0.3, 0.4) is 0 Å². The molecule has 3 rings (SSSR count). The third kappa shape index (κ3) is 6.48. The minimum absolute atomic E-state index is 0.216. The van der Waals surface area contributed by atoms with Gasteiger partial charge in [0.05, 0.1) is 6.61 Å². The molecule has 158 valence electrons. The highest BCUT2D eigenvalue weighted by Crippen LogP contribution is 2.34. The monoisotopic (exact) mass is 427 g/mol. The molecule has 0 bridgehead atoms. The van der Waals surface area contributed by atoms with E-state index in [9.17, 15) is 4.39 Å². The van der Waals surface area contributed by atoms with Crippen LogP contribution in [0.5, 0.6) is 11.5 Å². The average Bonchev–Trinajstić information content (AvgIpc) is 2.74. The first-order chi connectivity index (χ1) is 14.5. The van der Waals surface area contributed by atoms with Crippen LogP contribution < -0.4 is 14.8 Å². The SMILES string of the molecule is CCOc1cc(CNCCc2ccc(F)cc2)c(Cl)cc1OCc1ccc(C)cc1. The summed E-state index contributed by atoms with van der Waals surface area (Å²) >= 11 is 6.50. The van der Waals surface area contributed by atoms with E-state index >= 15 is 0 Å². The summed E-state index contributed by atoms with van der Waals surface area (Å²) in [5, 5.41) is 4.01. The van der Waals surface area contributed by atoms with Gasteiger partial charge in [-0.3, -0.25) is 0 Å². The quantitative estimate of drug-likeness (QED) is 0.397. The van der Waals surface area contributed by atoms with E-state index in [2.05, 4.69) is 36.5 Å². The molecule has 30 heavy (non-hydrogen) atoms. The van der Waals surface area contributed by atoms with Gasteiger partial charge in [0.15, 0.2) is 11.5 Å². The first-order valence-electron chi connectivity index (χ1n) is 10.1. The number of halogens is 2. The molecule has 0 unspecified atom stereocenters. The molecule has 0 aliphatic rings. The Morgan fingerprint density at radius 1 is 0.900 bits per heavy atom. The summed E-state index contributed by atoms with van der Waals surface area (Å²) in [6.45, 7) is 6.37. The second-order valence-electron chi connectivity index (χ2n) is 7.15. The molecule has 0 aliphatic heterocycles. The molecule has 0 radical (unpaired) electrons. The van der Waals surface area contributed by atoms with Gasteiger partial charge in [-0.05, 0) is 61.7 Å². The smallest absolute Gasteiger partial charge is 0.163 e. The van der Waals surface area contributed by atoms with E-state index in [-0.39, 0.29) is 5.82 Å². The van der Waals surface area contributed by atoms with Crippen LogP contribution in [0.15, 0.2) is 60.7 Å². The first kappa shape index (κ1) is 22.1. The summed E-state index contributed by atoms with van der Waals surface area (Å²) in [7, 11) is 0. The molecule has 0 amide bonds. The van der Waals surface area contributed by atoms with Gasteiger partial charge >= 0.3 is 0 Å². The Bertz CT molecular complexity index is 943. The van der Waals surface area contributed by atoms with Crippen molar-refractivity contribution in [2.75, 3.05) is 13.2 Å². The van der Waals surface area contributed by atoms with Crippen molar-refractivity contribution >= 4 is 11.6 Å². The van der Waals surface area contributed by atoms with Gasteiger partial charge in [0.1, 0.15) is 12.4 Å². The minimum atomic E-state index is -0.216. The van der Waals surface area contributed by atoms with Crippen LogP contribution in [0, 0.1) is 12.7 Å². The third-order valence-electron chi connectivity index (χ3n) is 4.75. The van der Waals surface area contributed by atoms with Crippen LogP contribution in [0.25, 0.3) is 0 Å². The molecule has 3 nitrogen and oxygen atoms in total. The standard InChI is InChI=1S/C25H27ClFNO2/c1-3-29-24-14-21(16-28-13-12-19-8-10-22(27)11-9-19)23(26)15-25(24)30-17-20-6-4-18(2)5-7-20/h4-11,14-15,28H,3,12-13,16-17H2,1-2H3. The third-order valence-corrected chi connectivity index (χ3v) is 5.10. The molecule has 5 heteroatoms. The number of rotatable bonds is 10. The predicted molar refractivity (Wildman–Crippen MR) is 120 cm³/mol. The normalized spacial score (nSPS) is 10.8. The molecular weight excluding hydrogens is 401 g/mol. The lowest BCUT2D eigenvalue weighted by Gasteiger charge is -2.15. The van der Waals surface area contributed by atoms with Crippen molar-refractivity contribution < 1.29 is 13.9 Å². The molecule has 0 fully saturated rings. The van der Waals surface area contributed by atoms with E-state index in [1.807, 2.05) is 19.1 Å². The van der Waals surface area contributed by atoms with Gasteiger partial charge in [0, 0.05) is 17.6 Å². The van der Waals surface area contributed by atoms with Gasteiger partial charge in [-0.25, -0.2) is 4.39 Å². The van der Waals surface area contributed by atoms with Crippen LogP contribution in [0.2, 0.25) is 5.02 Å².